The monoisotopic (exact) mass is 489 g/mol. The Hall–Kier alpha value is -3.74. The number of ether oxygens (including phenoxy) is 1. The average Bonchev–Trinajstić information content (AvgIpc) is 2.82. The summed E-state index contributed by atoms with van der Waals surface area (Å²) in [4.78, 5) is 43.0. The van der Waals surface area contributed by atoms with Crippen molar-refractivity contribution in [2.24, 2.45) is 5.92 Å². The highest BCUT2D eigenvalue weighted by molar-refractivity contribution is 5.82. The number of nitrogens with one attached hydrogen (secondary N) is 1. The van der Waals surface area contributed by atoms with Crippen LogP contribution in [0.25, 0.3) is 11.1 Å². The second-order valence-corrected chi connectivity index (χ2v) is 9.71. The predicted octanol–water partition coefficient (Wildman–Crippen LogP) is 4.84. The first-order chi connectivity index (χ1) is 17.1. The van der Waals surface area contributed by atoms with Gasteiger partial charge >= 0.3 is 5.97 Å². The zero-order chi connectivity index (χ0) is 26.4. The summed E-state index contributed by atoms with van der Waals surface area (Å²) in [6.07, 6.45) is 5.50. The molecule has 0 fully saturated rings. The van der Waals surface area contributed by atoms with Crippen molar-refractivity contribution in [1.82, 2.24) is 14.9 Å². The fourth-order valence-electron chi connectivity index (χ4n) is 4.46. The van der Waals surface area contributed by atoms with E-state index in [-0.39, 0.29) is 23.8 Å². The molecule has 1 amide bonds. The summed E-state index contributed by atoms with van der Waals surface area (Å²) in [6, 6.07) is 9.98. The van der Waals surface area contributed by atoms with Gasteiger partial charge in [0.15, 0.2) is 0 Å². The molecule has 0 aliphatic heterocycles. The summed E-state index contributed by atoms with van der Waals surface area (Å²) >= 11 is 0. The number of aryl methyl sites for hydroxylation is 3. The van der Waals surface area contributed by atoms with Crippen LogP contribution in [-0.2, 0) is 14.3 Å². The molecule has 0 unspecified atom stereocenters. The molecule has 0 aliphatic carbocycles. The Morgan fingerprint density at radius 1 is 1.06 bits per heavy atom. The van der Waals surface area contributed by atoms with Crippen LogP contribution in [0.1, 0.15) is 61.0 Å². The van der Waals surface area contributed by atoms with E-state index < -0.39 is 18.1 Å². The molecule has 0 spiro atoms. The Morgan fingerprint density at radius 3 is 2.36 bits per heavy atom. The number of rotatable bonds is 9. The molecule has 1 aromatic carbocycles. The van der Waals surface area contributed by atoms with Crippen LogP contribution < -0.4 is 10.9 Å². The van der Waals surface area contributed by atoms with Crippen molar-refractivity contribution in [3.05, 3.63) is 87.6 Å². The van der Waals surface area contributed by atoms with Crippen molar-refractivity contribution in [3.8, 4) is 11.1 Å². The Balaban J connectivity index is 2.00. The van der Waals surface area contributed by atoms with Crippen LogP contribution in [0, 0.1) is 26.7 Å². The zero-order valence-electron chi connectivity index (χ0n) is 21.9. The smallest absolute Gasteiger partial charge is 0.307 e. The van der Waals surface area contributed by atoms with Gasteiger partial charge in [-0.25, -0.2) is 0 Å². The van der Waals surface area contributed by atoms with E-state index in [4.69, 9.17) is 4.74 Å². The highest BCUT2D eigenvalue weighted by Crippen LogP contribution is 2.29. The minimum Gasteiger partial charge on any atom is -0.469 e. The number of methoxy groups -OCH3 is 1. The van der Waals surface area contributed by atoms with E-state index in [1.54, 1.807) is 18.6 Å². The lowest BCUT2D eigenvalue weighted by molar-refractivity contribution is -0.141. The lowest BCUT2D eigenvalue weighted by atomic mass is 9.94. The van der Waals surface area contributed by atoms with Crippen LogP contribution in [0.5, 0.6) is 0 Å². The van der Waals surface area contributed by atoms with E-state index in [0.29, 0.717) is 12.0 Å². The molecule has 190 valence electrons. The molecule has 7 nitrogen and oxygen atoms in total. The molecule has 0 radical (unpaired) electrons. The van der Waals surface area contributed by atoms with Gasteiger partial charge in [0.2, 0.25) is 5.91 Å². The second-order valence-electron chi connectivity index (χ2n) is 9.71. The lowest BCUT2D eigenvalue weighted by Crippen LogP contribution is -2.40. The predicted molar refractivity (Wildman–Crippen MR) is 141 cm³/mol. The first-order valence-electron chi connectivity index (χ1n) is 12.2. The number of aromatic nitrogens is 2. The van der Waals surface area contributed by atoms with Crippen LogP contribution in [0.2, 0.25) is 0 Å². The van der Waals surface area contributed by atoms with Gasteiger partial charge < -0.3 is 14.6 Å². The Kier molecular flexibility index (Phi) is 8.80. The van der Waals surface area contributed by atoms with Crippen molar-refractivity contribution in [1.29, 1.82) is 0 Å². The Morgan fingerprint density at radius 2 is 1.75 bits per heavy atom. The summed E-state index contributed by atoms with van der Waals surface area (Å²) in [6.45, 7) is 9.93. The Bertz CT molecular complexity index is 1280. The number of esters is 1. The van der Waals surface area contributed by atoms with Gasteiger partial charge in [-0.1, -0.05) is 32.0 Å². The first kappa shape index (κ1) is 26.9. The molecule has 3 rings (SSSR count). The molecule has 36 heavy (non-hydrogen) atoms. The zero-order valence-corrected chi connectivity index (χ0v) is 21.9. The maximum absolute atomic E-state index is 13.6. The van der Waals surface area contributed by atoms with Gasteiger partial charge in [-0.05, 0) is 73.1 Å². The molecule has 1 N–H and O–H groups in total. The van der Waals surface area contributed by atoms with Gasteiger partial charge in [0.05, 0.1) is 19.6 Å². The number of amides is 1. The van der Waals surface area contributed by atoms with Gasteiger partial charge in [0.25, 0.3) is 5.56 Å². The number of pyridine rings is 2. The normalized spacial score (nSPS) is 12.8. The van der Waals surface area contributed by atoms with Gasteiger partial charge in [0.1, 0.15) is 6.04 Å². The van der Waals surface area contributed by atoms with Crippen molar-refractivity contribution in [2.45, 2.75) is 59.5 Å². The number of carbonyl (C=O) groups excluding carboxylic acids is 2. The van der Waals surface area contributed by atoms with E-state index >= 15 is 0 Å². The summed E-state index contributed by atoms with van der Waals surface area (Å²) in [5.74, 6) is -0.617. The molecule has 0 bridgehead atoms. The van der Waals surface area contributed by atoms with Crippen LogP contribution in [-0.4, -0.2) is 28.5 Å². The highest BCUT2D eigenvalue weighted by atomic mass is 16.5. The average molecular weight is 490 g/mol. The van der Waals surface area contributed by atoms with Crippen LogP contribution in [0.15, 0.2) is 59.8 Å². The number of hydrogen-bond acceptors (Lipinski definition) is 5. The van der Waals surface area contributed by atoms with Crippen molar-refractivity contribution < 1.29 is 14.3 Å². The largest absolute Gasteiger partial charge is 0.469 e. The van der Waals surface area contributed by atoms with Crippen molar-refractivity contribution in [3.63, 3.8) is 0 Å². The van der Waals surface area contributed by atoms with Crippen LogP contribution >= 0.6 is 0 Å². The van der Waals surface area contributed by atoms with E-state index in [1.807, 2.05) is 65.0 Å². The number of benzene rings is 1. The SMILES string of the molecule is COC(=O)C[C@@H](NC(=O)[C@@H](CC(C)C)n1ccc(C)cc1=O)c1cncc(-c2c(C)cccc2C)c1. The maximum atomic E-state index is 13.6. The molecule has 3 aromatic rings. The van der Waals surface area contributed by atoms with E-state index in [9.17, 15) is 14.4 Å². The fourth-order valence-corrected chi connectivity index (χ4v) is 4.46. The molecule has 2 atom stereocenters. The molecule has 7 heteroatoms. The van der Waals surface area contributed by atoms with Gasteiger partial charge in [-0.3, -0.25) is 19.4 Å². The summed E-state index contributed by atoms with van der Waals surface area (Å²) in [5.41, 5.74) is 5.47. The van der Waals surface area contributed by atoms with Gasteiger partial charge in [-0.2, -0.15) is 0 Å². The maximum Gasteiger partial charge on any atom is 0.307 e. The van der Waals surface area contributed by atoms with Gasteiger partial charge in [0, 0.05) is 30.2 Å². The molecule has 0 saturated carbocycles. The molecular weight excluding hydrogens is 454 g/mol. The number of carbonyl (C=O) groups is 2. The minimum absolute atomic E-state index is 0.0582. The third-order valence-corrected chi connectivity index (χ3v) is 6.28. The first-order valence-corrected chi connectivity index (χ1v) is 12.2. The summed E-state index contributed by atoms with van der Waals surface area (Å²) in [7, 11) is 1.32. The number of hydrogen-bond donors (Lipinski definition) is 1. The minimum atomic E-state index is -0.715. The van der Waals surface area contributed by atoms with Crippen molar-refractivity contribution >= 4 is 11.9 Å². The summed E-state index contributed by atoms with van der Waals surface area (Å²) < 4.78 is 6.37. The Labute approximate surface area is 212 Å². The third kappa shape index (κ3) is 6.47. The van der Waals surface area contributed by atoms with Crippen molar-refractivity contribution in [2.75, 3.05) is 7.11 Å². The van der Waals surface area contributed by atoms with Crippen LogP contribution in [0.4, 0.5) is 0 Å². The van der Waals surface area contributed by atoms with Crippen LogP contribution in [0.3, 0.4) is 0 Å². The second kappa shape index (κ2) is 11.8. The molecule has 2 aromatic heterocycles. The topological polar surface area (TPSA) is 90.3 Å². The highest BCUT2D eigenvalue weighted by Gasteiger charge is 2.27. The quantitative estimate of drug-likeness (QED) is 0.434. The lowest BCUT2D eigenvalue weighted by Gasteiger charge is -2.25. The van der Waals surface area contributed by atoms with E-state index in [1.165, 1.54) is 17.7 Å². The fraction of sp³-hybridized carbons (Fsp3) is 0.379. The van der Waals surface area contributed by atoms with Gasteiger partial charge in [-0.15, -0.1) is 0 Å². The molecule has 2 heterocycles. The number of nitrogens with zero attached hydrogens (tertiary/aromatic N) is 2. The molecular formula is C29H35N3O4. The summed E-state index contributed by atoms with van der Waals surface area (Å²) in [5, 5.41) is 3.01. The van der Waals surface area contributed by atoms with E-state index in [2.05, 4.69) is 10.3 Å². The van der Waals surface area contributed by atoms with E-state index in [0.717, 1.165) is 27.8 Å². The molecule has 0 aliphatic rings. The molecule has 0 saturated heterocycles. The third-order valence-electron chi connectivity index (χ3n) is 6.28. The standard InChI is InChI=1S/C29H35N3O4/c1-18(2)12-25(32-11-10-19(3)13-26(32)33)29(35)31-24(15-27(34)36-6)22-14-23(17-30-16-22)28-20(4)8-7-9-21(28)5/h7-11,13-14,16-18,24-25H,12,15H2,1-6H3,(H,31,35)/t24-,25-/m1/s1.